The van der Waals surface area contributed by atoms with Crippen molar-refractivity contribution < 1.29 is 12.8 Å². The number of benzene rings is 6. The third-order valence-electron chi connectivity index (χ3n) is 11.3. The standard InChI is InChI=1S/C48H38O3S/c1-47(2,3)31-19-15-27(16-20-31)41-35-23-29-26-38-36(24-30(29)25-37(35)43-33-11-7-9-13-39(33)51-45(41)43)42(28-17-21-32(22-18-28)48(4,5)6)46-44(38)34-12-8-10-14-40(34)52(46,49)50/h7-26H,1-6H3. The first kappa shape index (κ1) is 31.3. The van der Waals surface area contributed by atoms with Gasteiger partial charge in [0.25, 0.3) is 0 Å². The molecule has 2 heterocycles. The van der Waals surface area contributed by atoms with Crippen LogP contribution < -0.4 is 10.4 Å². The molecule has 6 aromatic carbocycles. The van der Waals surface area contributed by atoms with Crippen molar-refractivity contribution in [3.05, 3.63) is 176 Å². The molecule has 0 saturated heterocycles. The number of rotatable bonds is 2. The number of hydrogen-bond donors (Lipinski definition) is 0. The van der Waals surface area contributed by atoms with Crippen LogP contribution in [0.2, 0.25) is 0 Å². The number of sulfone groups is 1. The van der Waals surface area contributed by atoms with E-state index in [0.29, 0.717) is 9.80 Å². The van der Waals surface area contributed by atoms with Gasteiger partial charge in [0.2, 0.25) is 9.84 Å². The summed E-state index contributed by atoms with van der Waals surface area (Å²) in [5.74, 6) is 0.898. The Kier molecular flexibility index (Phi) is 6.22. The van der Waals surface area contributed by atoms with Gasteiger partial charge in [-0.25, -0.2) is 8.42 Å². The molecule has 0 fully saturated rings. The van der Waals surface area contributed by atoms with Gasteiger partial charge in [-0.3, -0.25) is 0 Å². The SMILES string of the molecule is CC(C)(C)c1ccc(C2=c3cc4cc5c(cc4cc3C3=C2S(=O)(=O)c2ccccc23)=C(c2ccc(C(C)(C)C)cc2)c2oc3ccccc3c2-5)cc1. The first-order valence-corrected chi connectivity index (χ1v) is 19.5. The van der Waals surface area contributed by atoms with E-state index >= 15 is 0 Å². The summed E-state index contributed by atoms with van der Waals surface area (Å²) >= 11 is 0. The van der Waals surface area contributed by atoms with E-state index < -0.39 is 9.84 Å². The quantitative estimate of drug-likeness (QED) is 0.181. The van der Waals surface area contributed by atoms with E-state index in [2.05, 4.69) is 126 Å². The van der Waals surface area contributed by atoms with Crippen molar-refractivity contribution in [2.45, 2.75) is 57.3 Å². The molecule has 3 nitrogen and oxygen atoms in total. The van der Waals surface area contributed by atoms with Gasteiger partial charge in [-0.05, 0) is 102 Å². The summed E-state index contributed by atoms with van der Waals surface area (Å²) in [5.41, 5.74) is 12.1. The molecule has 0 spiro atoms. The van der Waals surface area contributed by atoms with E-state index in [1.165, 1.54) is 11.1 Å². The highest BCUT2D eigenvalue weighted by molar-refractivity contribution is 7.96. The van der Waals surface area contributed by atoms with Crippen LogP contribution in [0.5, 0.6) is 0 Å². The zero-order valence-electron chi connectivity index (χ0n) is 30.2. The van der Waals surface area contributed by atoms with Crippen molar-refractivity contribution in [2.24, 2.45) is 0 Å². The summed E-state index contributed by atoms with van der Waals surface area (Å²) in [7, 11) is -3.75. The van der Waals surface area contributed by atoms with Crippen molar-refractivity contribution in [1.29, 1.82) is 0 Å². The summed E-state index contributed by atoms with van der Waals surface area (Å²) in [6.07, 6.45) is 0. The zero-order valence-corrected chi connectivity index (χ0v) is 31.0. The van der Waals surface area contributed by atoms with Crippen LogP contribution in [0.1, 0.15) is 80.7 Å². The first-order valence-electron chi connectivity index (χ1n) is 18.0. The second kappa shape index (κ2) is 10.3. The van der Waals surface area contributed by atoms with Crippen molar-refractivity contribution in [2.75, 3.05) is 0 Å². The maximum atomic E-state index is 14.4. The summed E-state index contributed by atoms with van der Waals surface area (Å²) < 4.78 is 35.5. The van der Waals surface area contributed by atoms with Gasteiger partial charge < -0.3 is 4.42 Å². The van der Waals surface area contributed by atoms with Crippen LogP contribution >= 0.6 is 0 Å². The third-order valence-corrected chi connectivity index (χ3v) is 13.1. The van der Waals surface area contributed by atoms with Crippen LogP contribution in [0.4, 0.5) is 0 Å². The Morgan fingerprint density at radius 1 is 0.519 bits per heavy atom. The molecular weight excluding hydrogens is 657 g/mol. The number of allylic oxidation sites excluding steroid dienone is 1. The van der Waals surface area contributed by atoms with Crippen LogP contribution in [0.25, 0.3) is 49.6 Å². The Hall–Kier alpha value is -5.45. The summed E-state index contributed by atoms with van der Waals surface area (Å²) in [6, 6.07) is 42.1. The van der Waals surface area contributed by atoms with Crippen LogP contribution in [-0.2, 0) is 20.7 Å². The predicted octanol–water partition coefficient (Wildman–Crippen LogP) is 10.2. The number of para-hydroxylation sites is 1. The summed E-state index contributed by atoms with van der Waals surface area (Å²) in [6.45, 7) is 13.3. The van der Waals surface area contributed by atoms with Crippen molar-refractivity contribution in [1.82, 2.24) is 0 Å². The predicted molar refractivity (Wildman–Crippen MR) is 212 cm³/mol. The monoisotopic (exact) mass is 694 g/mol. The lowest BCUT2D eigenvalue weighted by Gasteiger charge is -2.19. The van der Waals surface area contributed by atoms with E-state index in [9.17, 15) is 8.42 Å². The Morgan fingerprint density at radius 2 is 1.06 bits per heavy atom. The molecule has 0 amide bonds. The number of furan rings is 1. The van der Waals surface area contributed by atoms with Crippen LogP contribution in [0.3, 0.4) is 0 Å². The number of hydrogen-bond acceptors (Lipinski definition) is 3. The fraction of sp³-hybridized carbons (Fsp3) is 0.167. The first-order chi connectivity index (χ1) is 24.8. The lowest BCUT2D eigenvalue weighted by molar-refractivity contribution is 0.590. The van der Waals surface area contributed by atoms with E-state index in [0.717, 1.165) is 88.0 Å². The van der Waals surface area contributed by atoms with Gasteiger partial charge in [0.1, 0.15) is 11.3 Å². The Labute approximate surface area is 304 Å². The molecule has 0 N–H and O–H groups in total. The highest BCUT2D eigenvalue weighted by Gasteiger charge is 2.42. The van der Waals surface area contributed by atoms with Crippen LogP contribution in [0.15, 0.2) is 136 Å². The van der Waals surface area contributed by atoms with Crippen molar-refractivity contribution in [3.63, 3.8) is 0 Å². The van der Waals surface area contributed by atoms with E-state index in [4.69, 9.17) is 4.42 Å². The van der Waals surface area contributed by atoms with Gasteiger partial charge in [-0.1, -0.05) is 126 Å². The minimum atomic E-state index is -3.75. The second-order valence-corrected chi connectivity index (χ2v) is 18.4. The fourth-order valence-corrected chi connectivity index (χ4v) is 10.5. The molecule has 3 aliphatic rings. The molecule has 0 saturated carbocycles. The third kappa shape index (κ3) is 4.28. The van der Waals surface area contributed by atoms with E-state index in [1.807, 2.05) is 30.3 Å². The highest BCUT2D eigenvalue weighted by Crippen LogP contribution is 2.50. The van der Waals surface area contributed by atoms with E-state index in [1.54, 1.807) is 6.07 Å². The topological polar surface area (TPSA) is 47.3 Å². The normalized spacial score (nSPS) is 15.7. The molecule has 0 bridgehead atoms. The van der Waals surface area contributed by atoms with Gasteiger partial charge in [-0.2, -0.15) is 0 Å². The smallest absolute Gasteiger partial charge is 0.208 e. The molecule has 2 aliphatic carbocycles. The molecule has 4 heteroatoms. The maximum Gasteiger partial charge on any atom is 0.208 e. The molecule has 0 unspecified atom stereocenters. The summed E-state index contributed by atoms with van der Waals surface area (Å²) in [4.78, 5) is 0.804. The number of fused-ring (bicyclic) bond motifs is 10. The minimum Gasteiger partial charge on any atom is -0.455 e. The second-order valence-electron chi connectivity index (χ2n) is 16.6. The lowest BCUT2D eigenvalue weighted by Crippen LogP contribution is -2.14. The average Bonchev–Trinajstić information content (AvgIpc) is 3.81. The zero-order chi connectivity index (χ0) is 35.9. The average molecular weight is 695 g/mol. The Morgan fingerprint density at radius 3 is 1.69 bits per heavy atom. The largest absolute Gasteiger partial charge is 0.455 e. The molecule has 0 radical (unpaired) electrons. The van der Waals surface area contributed by atoms with Crippen molar-refractivity contribution >= 4 is 48.3 Å². The maximum absolute atomic E-state index is 14.4. The molecule has 1 aliphatic heterocycles. The highest BCUT2D eigenvalue weighted by atomic mass is 32.2. The molecule has 1 aromatic heterocycles. The van der Waals surface area contributed by atoms with Gasteiger partial charge >= 0.3 is 0 Å². The molecule has 52 heavy (non-hydrogen) atoms. The molecular formula is C48H38O3S. The fourth-order valence-electron chi connectivity index (χ4n) is 8.56. The molecule has 10 rings (SSSR count). The van der Waals surface area contributed by atoms with Gasteiger partial charge in [0.05, 0.1) is 9.80 Å². The molecule has 0 atom stereocenters. The van der Waals surface area contributed by atoms with Gasteiger partial charge in [-0.15, -0.1) is 0 Å². The van der Waals surface area contributed by atoms with E-state index in [-0.39, 0.29) is 10.8 Å². The summed E-state index contributed by atoms with van der Waals surface area (Å²) in [5, 5.41) is 5.30. The van der Waals surface area contributed by atoms with Gasteiger partial charge in [0.15, 0.2) is 0 Å². The molecule has 7 aromatic rings. The van der Waals surface area contributed by atoms with Crippen LogP contribution in [0, 0.1) is 0 Å². The van der Waals surface area contributed by atoms with Crippen LogP contribution in [-0.4, -0.2) is 8.42 Å². The van der Waals surface area contributed by atoms with Crippen molar-refractivity contribution in [3.8, 4) is 11.1 Å². The Balaban J connectivity index is 1.29. The van der Waals surface area contributed by atoms with Gasteiger partial charge in [0, 0.05) is 33.2 Å². The molecule has 254 valence electrons. The minimum absolute atomic E-state index is 0.0198. The Bertz CT molecular complexity index is 2990. The lowest BCUT2D eigenvalue weighted by atomic mass is 9.86.